The lowest BCUT2D eigenvalue weighted by Gasteiger charge is -2.42. The van der Waals surface area contributed by atoms with E-state index in [1.54, 1.807) is 0 Å². The predicted molar refractivity (Wildman–Crippen MR) is 81.0 cm³/mol. The molecule has 1 amide bonds. The first-order chi connectivity index (χ1) is 9.70. The Labute approximate surface area is 125 Å². The maximum absolute atomic E-state index is 12.1. The Balaban J connectivity index is 1.64. The van der Waals surface area contributed by atoms with Gasteiger partial charge in [0.1, 0.15) is 0 Å². The van der Waals surface area contributed by atoms with Crippen molar-refractivity contribution in [3.8, 4) is 0 Å². The van der Waals surface area contributed by atoms with Crippen LogP contribution < -0.4 is 10.6 Å². The third-order valence-electron chi connectivity index (χ3n) is 4.75. The largest absolute Gasteiger partial charge is 0.354 e. The molecule has 1 unspecified atom stereocenters. The van der Waals surface area contributed by atoms with Crippen LogP contribution in [0, 0.1) is 0 Å². The first-order valence-electron chi connectivity index (χ1n) is 7.47. The summed E-state index contributed by atoms with van der Waals surface area (Å²) >= 11 is 5.96. The smallest absolute Gasteiger partial charge is 0.237 e. The van der Waals surface area contributed by atoms with Crippen molar-refractivity contribution in [3.05, 3.63) is 34.9 Å². The number of hydrogen-bond donors (Lipinski definition) is 2. The van der Waals surface area contributed by atoms with Crippen LogP contribution in [0.3, 0.4) is 0 Å². The number of hydrogen-bond acceptors (Lipinski definition) is 2. The van der Waals surface area contributed by atoms with Gasteiger partial charge < -0.3 is 10.6 Å². The fourth-order valence-corrected chi connectivity index (χ4v) is 3.39. The van der Waals surface area contributed by atoms with Crippen molar-refractivity contribution in [2.45, 2.75) is 43.6 Å². The highest BCUT2D eigenvalue weighted by Crippen LogP contribution is 2.43. The molecule has 0 radical (unpaired) electrons. The summed E-state index contributed by atoms with van der Waals surface area (Å²) in [5, 5.41) is 7.16. The molecule has 3 rings (SSSR count). The molecule has 1 aromatic rings. The zero-order valence-electron chi connectivity index (χ0n) is 11.6. The van der Waals surface area contributed by atoms with Crippen LogP contribution in [0.5, 0.6) is 0 Å². The molecule has 0 spiro atoms. The first kappa shape index (κ1) is 13.9. The van der Waals surface area contributed by atoms with Gasteiger partial charge in [-0.3, -0.25) is 4.79 Å². The third kappa shape index (κ3) is 2.70. The average molecular weight is 293 g/mol. The molecule has 0 aromatic heterocycles. The molecule has 4 heteroatoms. The van der Waals surface area contributed by atoms with E-state index in [1.165, 1.54) is 12.0 Å². The van der Waals surface area contributed by atoms with Gasteiger partial charge in [-0.1, -0.05) is 30.2 Å². The van der Waals surface area contributed by atoms with E-state index >= 15 is 0 Å². The topological polar surface area (TPSA) is 41.1 Å². The van der Waals surface area contributed by atoms with E-state index in [2.05, 4.69) is 22.8 Å². The molecule has 1 aromatic carbocycles. The van der Waals surface area contributed by atoms with Gasteiger partial charge in [0.2, 0.25) is 5.91 Å². The van der Waals surface area contributed by atoms with E-state index in [0.29, 0.717) is 0 Å². The van der Waals surface area contributed by atoms with Crippen molar-refractivity contribution in [2.24, 2.45) is 0 Å². The van der Waals surface area contributed by atoms with Gasteiger partial charge >= 0.3 is 0 Å². The molecular weight excluding hydrogens is 272 g/mol. The summed E-state index contributed by atoms with van der Waals surface area (Å²) in [7, 11) is 0. The number of rotatable bonds is 4. The Hall–Kier alpha value is -1.06. The Morgan fingerprint density at radius 3 is 2.60 bits per heavy atom. The van der Waals surface area contributed by atoms with Gasteiger partial charge in [-0.05, 0) is 49.9 Å². The monoisotopic (exact) mass is 292 g/mol. The van der Waals surface area contributed by atoms with E-state index in [9.17, 15) is 4.79 Å². The van der Waals surface area contributed by atoms with Gasteiger partial charge in [0, 0.05) is 17.0 Å². The Kier molecular flexibility index (Phi) is 3.99. The molecule has 1 atom stereocenters. The Morgan fingerprint density at radius 2 is 2.05 bits per heavy atom. The van der Waals surface area contributed by atoms with E-state index in [1.807, 2.05) is 12.1 Å². The minimum absolute atomic E-state index is 0.0114. The molecule has 108 valence electrons. The van der Waals surface area contributed by atoms with Crippen molar-refractivity contribution in [1.29, 1.82) is 0 Å². The minimum Gasteiger partial charge on any atom is -0.354 e. The predicted octanol–water partition coefficient (Wildman–Crippen LogP) is 2.63. The second-order valence-corrected chi connectivity index (χ2v) is 6.44. The van der Waals surface area contributed by atoms with Crippen molar-refractivity contribution >= 4 is 17.5 Å². The number of carbonyl (C=O) groups is 1. The number of halogens is 1. The minimum atomic E-state index is 0.0114. The summed E-state index contributed by atoms with van der Waals surface area (Å²) in [6.07, 6.45) is 5.58. The van der Waals surface area contributed by atoms with Crippen LogP contribution in [0.15, 0.2) is 24.3 Å². The van der Waals surface area contributed by atoms with E-state index in [4.69, 9.17) is 11.6 Å². The summed E-state index contributed by atoms with van der Waals surface area (Å²) in [5.74, 6) is 0.155. The zero-order valence-corrected chi connectivity index (χ0v) is 12.4. The SMILES string of the molecule is O=C(NCC1(c2ccc(Cl)cc2)CCC1)C1CCCN1. The van der Waals surface area contributed by atoms with E-state index in [-0.39, 0.29) is 17.4 Å². The third-order valence-corrected chi connectivity index (χ3v) is 5.00. The average Bonchev–Trinajstić information content (AvgIpc) is 2.93. The van der Waals surface area contributed by atoms with Crippen molar-refractivity contribution in [2.75, 3.05) is 13.1 Å². The molecule has 2 aliphatic rings. The van der Waals surface area contributed by atoms with Crippen LogP contribution in [-0.2, 0) is 10.2 Å². The highest BCUT2D eigenvalue weighted by atomic mass is 35.5. The zero-order chi connectivity index (χ0) is 14.0. The first-order valence-corrected chi connectivity index (χ1v) is 7.85. The molecule has 1 saturated heterocycles. The lowest BCUT2D eigenvalue weighted by Crippen LogP contribution is -2.49. The summed E-state index contributed by atoms with van der Waals surface area (Å²) in [4.78, 5) is 12.1. The van der Waals surface area contributed by atoms with Crippen molar-refractivity contribution in [3.63, 3.8) is 0 Å². The molecule has 1 aliphatic carbocycles. The number of amides is 1. The fraction of sp³-hybridized carbons (Fsp3) is 0.562. The maximum atomic E-state index is 12.1. The molecule has 0 bridgehead atoms. The van der Waals surface area contributed by atoms with Gasteiger partial charge in [0.15, 0.2) is 0 Å². The number of nitrogens with one attached hydrogen (secondary N) is 2. The molecule has 1 heterocycles. The van der Waals surface area contributed by atoms with Crippen LogP contribution >= 0.6 is 11.6 Å². The fourth-order valence-electron chi connectivity index (χ4n) is 3.26. The second-order valence-electron chi connectivity index (χ2n) is 6.01. The van der Waals surface area contributed by atoms with E-state index < -0.39 is 0 Å². The molecule has 2 fully saturated rings. The van der Waals surface area contributed by atoms with Gasteiger partial charge in [-0.25, -0.2) is 0 Å². The summed E-state index contributed by atoms with van der Waals surface area (Å²) in [6, 6.07) is 8.09. The molecule has 1 saturated carbocycles. The Morgan fingerprint density at radius 1 is 1.30 bits per heavy atom. The van der Waals surface area contributed by atoms with Crippen LogP contribution in [0.25, 0.3) is 0 Å². The maximum Gasteiger partial charge on any atom is 0.237 e. The molecular formula is C16H21ClN2O. The molecule has 3 nitrogen and oxygen atoms in total. The molecule has 2 N–H and O–H groups in total. The summed E-state index contributed by atoms with van der Waals surface area (Å²) < 4.78 is 0. The van der Waals surface area contributed by atoms with Gasteiger partial charge in [0.05, 0.1) is 6.04 Å². The van der Waals surface area contributed by atoms with Gasteiger partial charge in [-0.15, -0.1) is 0 Å². The number of carbonyl (C=O) groups excluding carboxylic acids is 1. The van der Waals surface area contributed by atoms with Crippen LogP contribution in [0.4, 0.5) is 0 Å². The van der Waals surface area contributed by atoms with Crippen LogP contribution in [0.1, 0.15) is 37.7 Å². The van der Waals surface area contributed by atoms with Crippen molar-refractivity contribution in [1.82, 2.24) is 10.6 Å². The molecule has 20 heavy (non-hydrogen) atoms. The number of benzene rings is 1. The lowest BCUT2D eigenvalue weighted by molar-refractivity contribution is -0.123. The highest BCUT2D eigenvalue weighted by molar-refractivity contribution is 6.30. The van der Waals surface area contributed by atoms with E-state index in [0.717, 1.165) is 43.8 Å². The van der Waals surface area contributed by atoms with Crippen LogP contribution in [0.2, 0.25) is 5.02 Å². The second kappa shape index (κ2) is 5.74. The normalized spacial score (nSPS) is 24.1. The van der Waals surface area contributed by atoms with Gasteiger partial charge in [0.25, 0.3) is 0 Å². The standard InChI is InChI=1S/C16H21ClN2O/c17-13-6-4-12(5-7-13)16(8-2-9-16)11-19-15(20)14-3-1-10-18-14/h4-7,14,18H,1-3,8-11H2,(H,19,20). The lowest BCUT2D eigenvalue weighted by atomic mass is 9.64. The van der Waals surface area contributed by atoms with Crippen molar-refractivity contribution < 1.29 is 4.79 Å². The van der Waals surface area contributed by atoms with Gasteiger partial charge in [-0.2, -0.15) is 0 Å². The quantitative estimate of drug-likeness (QED) is 0.896. The summed E-state index contributed by atoms with van der Waals surface area (Å²) in [6.45, 7) is 1.70. The summed E-state index contributed by atoms with van der Waals surface area (Å²) in [5.41, 5.74) is 1.42. The Bertz CT molecular complexity index is 476. The molecule has 1 aliphatic heterocycles. The van der Waals surface area contributed by atoms with Crippen LogP contribution in [-0.4, -0.2) is 25.0 Å². The highest BCUT2D eigenvalue weighted by Gasteiger charge is 2.39.